The summed E-state index contributed by atoms with van der Waals surface area (Å²) in [5, 5.41) is 3.62. The first-order valence-electron chi connectivity index (χ1n) is 6.78. The number of hydrogen-bond donors (Lipinski definition) is 1. The molecule has 1 N–H and O–H groups in total. The molecule has 0 heterocycles. The van der Waals surface area contributed by atoms with Crippen molar-refractivity contribution < 1.29 is 13.5 Å². The number of rotatable bonds is 5. The fourth-order valence-corrected chi connectivity index (χ4v) is 2.31. The van der Waals surface area contributed by atoms with Crippen LogP contribution in [0.4, 0.5) is 20.2 Å². The largest absolute Gasteiger partial charge is 0.435 e. The molecule has 6 heteroatoms. The van der Waals surface area contributed by atoms with Gasteiger partial charge in [0.25, 0.3) is 0 Å². The standard InChI is InChI=1S/C16H16F2N2OS/c1-2-20(13-6-4-3-5-7-13)16(22)19-12-8-10-14(11-9-12)21-15(17)18/h3-11,15H,2H2,1H3,(H,19,22). The van der Waals surface area contributed by atoms with E-state index in [1.54, 1.807) is 12.1 Å². The highest BCUT2D eigenvalue weighted by Crippen LogP contribution is 2.19. The van der Waals surface area contributed by atoms with E-state index in [2.05, 4.69) is 10.1 Å². The van der Waals surface area contributed by atoms with Crippen molar-refractivity contribution in [2.45, 2.75) is 13.5 Å². The Hall–Kier alpha value is -2.21. The minimum Gasteiger partial charge on any atom is -0.435 e. The van der Waals surface area contributed by atoms with Crippen molar-refractivity contribution in [1.29, 1.82) is 0 Å². The van der Waals surface area contributed by atoms with Gasteiger partial charge in [-0.15, -0.1) is 0 Å². The van der Waals surface area contributed by atoms with E-state index in [1.165, 1.54) is 12.1 Å². The molecule has 0 aromatic heterocycles. The number of alkyl halides is 2. The van der Waals surface area contributed by atoms with Gasteiger partial charge in [-0.1, -0.05) is 18.2 Å². The molecule has 2 aromatic carbocycles. The molecule has 0 atom stereocenters. The third-order valence-electron chi connectivity index (χ3n) is 2.96. The molecule has 0 aliphatic rings. The van der Waals surface area contributed by atoms with E-state index in [1.807, 2.05) is 42.2 Å². The van der Waals surface area contributed by atoms with Crippen molar-refractivity contribution in [3.8, 4) is 5.75 Å². The lowest BCUT2D eigenvalue weighted by Gasteiger charge is -2.24. The second kappa shape index (κ2) is 7.70. The first kappa shape index (κ1) is 16.2. The van der Waals surface area contributed by atoms with Gasteiger partial charge in [0.2, 0.25) is 0 Å². The third kappa shape index (κ3) is 4.39. The van der Waals surface area contributed by atoms with Crippen LogP contribution in [-0.4, -0.2) is 18.3 Å². The summed E-state index contributed by atoms with van der Waals surface area (Å²) in [6, 6.07) is 16.0. The number of nitrogens with zero attached hydrogens (tertiary/aromatic N) is 1. The van der Waals surface area contributed by atoms with E-state index in [0.29, 0.717) is 17.3 Å². The monoisotopic (exact) mass is 322 g/mol. The number of nitrogens with one attached hydrogen (secondary N) is 1. The summed E-state index contributed by atoms with van der Waals surface area (Å²) in [7, 11) is 0. The summed E-state index contributed by atoms with van der Waals surface area (Å²) in [5.41, 5.74) is 1.70. The van der Waals surface area contributed by atoms with Crippen LogP contribution in [0.2, 0.25) is 0 Å². The lowest BCUT2D eigenvalue weighted by atomic mass is 10.3. The van der Waals surface area contributed by atoms with Gasteiger partial charge in [0.05, 0.1) is 0 Å². The van der Waals surface area contributed by atoms with Gasteiger partial charge >= 0.3 is 6.61 Å². The van der Waals surface area contributed by atoms with E-state index in [0.717, 1.165) is 5.69 Å². The Morgan fingerprint density at radius 1 is 1.14 bits per heavy atom. The Balaban J connectivity index is 2.04. The van der Waals surface area contributed by atoms with Crippen LogP contribution >= 0.6 is 12.2 Å². The van der Waals surface area contributed by atoms with Gasteiger partial charge in [-0.25, -0.2) is 0 Å². The first-order valence-corrected chi connectivity index (χ1v) is 7.19. The van der Waals surface area contributed by atoms with Crippen molar-refractivity contribution in [3.05, 3.63) is 54.6 Å². The Bertz CT molecular complexity index is 605. The van der Waals surface area contributed by atoms with Gasteiger partial charge in [-0.05, 0) is 55.5 Å². The van der Waals surface area contributed by atoms with Crippen LogP contribution in [0.25, 0.3) is 0 Å². The third-order valence-corrected chi connectivity index (χ3v) is 3.28. The fraction of sp³-hybridized carbons (Fsp3) is 0.188. The van der Waals surface area contributed by atoms with E-state index < -0.39 is 6.61 Å². The van der Waals surface area contributed by atoms with Gasteiger partial charge in [0.1, 0.15) is 5.75 Å². The van der Waals surface area contributed by atoms with E-state index in [4.69, 9.17) is 12.2 Å². The van der Waals surface area contributed by atoms with Crippen molar-refractivity contribution >= 4 is 28.7 Å². The maximum atomic E-state index is 12.1. The van der Waals surface area contributed by atoms with Gasteiger partial charge in [-0.3, -0.25) is 0 Å². The summed E-state index contributed by atoms with van der Waals surface area (Å²) >= 11 is 5.40. The summed E-state index contributed by atoms with van der Waals surface area (Å²) < 4.78 is 28.5. The van der Waals surface area contributed by atoms with Crippen molar-refractivity contribution in [3.63, 3.8) is 0 Å². The number of ether oxygens (including phenoxy) is 1. The number of anilines is 2. The van der Waals surface area contributed by atoms with Crippen molar-refractivity contribution in [1.82, 2.24) is 0 Å². The molecule has 2 aromatic rings. The molecule has 0 aliphatic heterocycles. The zero-order chi connectivity index (χ0) is 15.9. The Labute approximate surface area is 133 Å². The van der Waals surface area contributed by atoms with E-state index >= 15 is 0 Å². The smallest absolute Gasteiger partial charge is 0.387 e. The number of halogens is 2. The molecule has 22 heavy (non-hydrogen) atoms. The SMILES string of the molecule is CCN(C(=S)Nc1ccc(OC(F)F)cc1)c1ccccc1. The highest BCUT2D eigenvalue weighted by molar-refractivity contribution is 7.80. The summed E-state index contributed by atoms with van der Waals surface area (Å²) in [5.74, 6) is 0.113. The van der Waals surface area contributed by atoms with Crippen molar-refractivity contribution in [2.75, 3.05) is 16.8 Å². The average molecular weight is 322 g/mol. The molecular formula is C16H16F2N2OS. The summed E-state index contributed by atoms with van der Waals surface area (Å²) in [6.45, 7) is -0.114. The van der Waals surface area contributed by atoms with Crippen LogP contribution in [0.1, 0.15) is 6.92 Å². The number of para-hydroxylation sites is 1. The van der Waals surface area contributed by atoms with E-state index in [9.17, 15) is 8.78 Å². The maximum Gasteiger partial charge on any atom is 0.387 e. The second-order valence-electron chi connectivity index (χ2n) is 4.41. The predicted molar refractivity (Wildman–Crippen MR) is 88.8 cm³/mol. The van der Waals surface area contributed by atoms with Crippen molar-refractivity contribution in [2.24, 2.45) is 0 Å². The molecule has 2 rings (SSSR count). The minimum absolute atomic E-state index is 0.113. The number of thiocarbonyl (C=S) groups is 1. The molecule has 0 saturated carbocycles. The fourth-order valence-electron chi connectivity index (χ4n) is 1.96. The van der Waals surface area contributed by atoms with Crippen LogP contribution in [0.15, 0.2) is 54.6 Å². The quantitative estimate of drug-likeness (QED) is 0.819. The second-order valence-corrected chi connectivity index (χ2v) is 4.80. The highest BCUT2D eigenvalue weighted by atomic mass is 32.1. The predicted octanol–water partition coefficient (Wildman–Crippen LogP) is 4.51. The molecule has 0 aliphatic carbocycles. The maximum absolute atomic E-state index is 12.1. The molecule has 116 valence electrons. The summed E-state index contributed by atoms with van der Waals surface area (Å²) in [4.78, 5) is 1.94. The zero-order valence-electron chi connectivity index (χ0n) is 12.0. The zero-order valence-corrected chi connectivity index (χ0v) is 12.8. The van der Waals surface area contributed by atoms with Gasteiger partial charge in [-0.2, -0.15) is 8.78 Å². The lowest BCUT2D eigenvalue weighted by Crippen LogP contribution is -2.34. The molecular weight excluding hydrogens is 306 g/mol. The normalized spacial score (nSPS) is 10.4. The van der Waals surface area contributed by atoms with Crippen LogP contribution in [-0.2, 0) is 0 Å². The van der Waals surface area contributed by atoms with Crippen LogP contribution in [0, 0.1) is 0 Å². The number of benzene rings is 2. The molecule has 0 amide bonds. The molecule has 0 fully saturated rings. The topological polar surface area (TPSA) is 24.5 Å². The molecule has 0 spiro atoms. The average Bonchev–Trinajstić information content (AvgIpc) is 2.50. The Kier molecular flexibility index (Phi) is 5.66. The lowest BCUT2D eigenvalue weighted by molar-refractivity contribution is -0.0498. The highest BCUT2D eigenvalue weighted by Gasteiger charge is 2.10. The van der Waals surface area contributed by atoms with Crippen LogP contribution in [0.5, 0.6) is 5.75 Å². The summed E-state index contributed by atoms with van der Waals surface area (Å²) in [6.07, 6.45) is 0. The molecule has 0 saturated heterocycles. The molecule has 0 unspecified atom stereocenters. The number of hydrogen-bond acceptors (Lipinski definition) is 2. The Morgan fingerprint density at radius 3 is 2.32 bits per heavy atom. The van der Waals surface area contributed by atoms with Gasteiger partial charge < -0.3 is 15.0 Å². The van der Waals surface area contributed by atoms with Crippen LogP contribution in [0.3, 0.4) is 0 Å². The van der Waals surface area contributed by atoms with Gasteiger partial charge in [0.15, 0.2) is 5.11 Å². The molecule has 0 radical (unpaired) electrons. The Morgan fingerprint density at radius 2 is 1.77 bits per heavy atom. The molecule has 3 nitrogen and oxygen atoms in total. The minimum atomic E-state index is -2.83. The first-order chi connectivity index (χ1) is 10.6. The van der Waals surface area contributed by atoms with Gasteiger partial charge in [0, 0.05) is 17.9 Å². The van der Waals surface area contributed by atoms with Crippen LogP contribution < -0.4 is 15.0 Å². The van der Waals surface area contributed by atoms with E-state index in [-0.39, 0.29) is 5.75 Å². The molecule has 0 bridgehead atoms.